The number of aromatic nitrogens is 3. The van der Waals surface area contributed by atoms with Crippen LogP contribution in [0.4, 0.5) is 4.79 Å². The van der Waals surface area contributed by atoms with Crippen molar-refractivity contribution in [1.82, 2.24) is 24.3 Å². The van der Waals surface area contributed by atoms with Gasteiger partial charge in [-0.3, -0.25) is 14.2 Å². The topological polar surface area (TPSA) is 113 Å². The summed E-state index contributed by atoms with van der Waals surface area (Å²) in [5.74, 6) is 0.755. The largest absolute Gasteiger partial charge is 0.497 e. The van der Waals surface area contributed by atoms with E-state index in [1.807, 2.05) is 18.2 Å². The van der Waals surface area contributed by atoms with Gasteiger partial charge in [-0.25, -0.2) is 4.79 Å². The summed E-state index contributed by atoms with van der Waals surface area (Å²) < 4.78 is 12.2. The van der Waals surface area contributed by atoms with Gasteiger partial charge < -0.3 is 29.2 Å². The molecule has 2 N–H and O–H groups in total. The predicted molar refractivity (Wildman–Crippen MR) is 131 cm³/mol. The Labute approximate surface area is 201 Å². The number of hydrogen-bond acceptors (Lipinski definition) is 6. The third-order valence-electron chi connectivity index (χ3n) is 6.12. The Kier molecular flexibility index (Phi) is 7.20. The first kappa shape index (κ1) is 23.8. The SMILES string of the molecule is CCOC(=O)N1CCN(C(=O)CCCCn2c(=S)[nH]c3c([nH]c4ccc(OC)cc43)c2=O)CC1. The molecule has 0 bridgehead atoms. The van der Waals surface area contributed by atoms with E-state index < -0.39 is 0 Å². The minimum atomic E-state index is -0.331. The molecule has 3 heterocycles. The molecule has 2 amide bonds. The van der Waals surface area contributed by atoms with Gasteiger partial charge in [0.05, 0.1) is 19.2 Å². The highest BCUT2D eigenvalue weighted by Crippen LogP contribution is 2.25. The predicted octanol–water partition coefficient (Wildman–Crippen LogP) is 3.02. The normalized spacial score (nSPS) is 14.1. The summed E-state index contributed by atoms with van der Waals surface area (Å²) >= 11 is 5.46. The lowest BCUT2D eigenvalue weighted by Crippen LogP contribution is -2.50. The van der Waals surface area contributed by atoms with Crippen molar-refractivity contribution in [1.29, 1.82) is 0 Å². The fraction of sp³-hybridized carbons (Fsp3) is 0.478. The lowest BCUT2D eigenvalue weighted by molar-refractivity contribution is -0.132. The first-order chi connectivity index (χ1) is 16.4. The molecule has 1 aromatic carbocycles. The number of aromatic amines is 2. The number of amides is 2. The molecule has 1 saturated heterocycles. The monoisotopic (exact) mass is 487 g/mol. The number of rotatable bonds is 7. The number of fused-ring (bicyclic) bond motifs is 3. The van der Waals surface area contributed by atoms with Crippen LogP contribution in [0.3, 0.4) is 0 Å². The van der Waals surface area contributed by atoms with E-state index in [1.165, 1.54) is 4.57 Å². The third-order valence-corrected chi connectivity index (χ3v) is 6.45. The highest BCUT2D eigenvalue weighted by atomic mass is 32.1. The summed E-state index contributed by atoms with van der Waals surface area (Å²) in [6.07, 6.45) is 1.34. The van der Waals surface area contributed by atoms with E-state index in [2.05, 4.69) is 9.97 Å². The molecule has 0 radical (unpaired) electrons. The second kappa shape index (κ2) is 10.3. The van der Waals surface area contributed by atoms with Gasteiger partial charge in [-0.15, -0.1) is 0 Å². The van der Waals surface area contributed by atoms with Crippen molar-refractivity contribution in [2.24, 2.45) is 0 Å². The molecular formula is C23H29N5O5S. The molecule has 0 atom stereocenters. The van der Waals surface area contributed by atoms with Gasteiger partial charge in [0, 0.05) is 50.0 Å². The van der Waals surface area contributed by atoms with Crippen LogP contribution >= 0.6 is 12.2 Å². The summed E-state index contributed by atoms with van der Waals surface area (Å²) in [5, 5.41) is 0.846. The average Bonchev–Trinajstić information content (AvgIpc) is 3.21. The van der Waals surface area contributed by atoms with Gasteiger partial charge in [0.1, 0.15) is 11.3 Å². The summed E-state index contributed by atoms with van der Waals surface area (Å²) in [5.41, 5.74) is 1.77. The Morgan fingerprint density at radius 1 is 1.06 bits per heavy atom. The number of ether oxygens (including phenoxy) is 2. The zero-order chi connectivity index (χ0) is 24.2. The van der Waals surface area contributed by atoms with Crippen LogP contribution in [-0.2, 0) is 16.1 Å². The number of unbranched alkanes of at least 4 members (excludes halogenated alkanes) is 1. The second-order valence-electron chi connectivity index (χ2n) is 8.20. The van der Waals surface area contributed by atoms with Crippen LogP contribution in [0.25, 0.3) is 21.9 Å². The molecule has 10 nitrogen and oxygen atoms in total. The highest BCUT2D eigenvalue weighted by Gasteiger charge is 2.24. The number of carbonyl (C=O) groups excluding carboxylic acids is 2. The summed E-state index contributed by atoms with van der Waals surface area (Å²) in [6, 6.07) is 5.56. The van der Waals surface area contributed by atoms with Crippen molar-refractivity contribution in [3.63, 3.8) is 0 Å². The molecule has 0 unspecified atom stereocenters. The van der Waals surface area contributed by atoms with Crippen LogP contribution in [0, 0.1) is 4.77 Å². The van der Waals surface area contributed by atoms with E-state index in [1.54, 1.807) is 23.8 Å². The van der Waals surface area contributed by atoms with Crippen LogP contribution in [0.5, 0.6) is 5.75 Å². The molecule has 1 aliphatic heterocycles. The number of benzene rings is 1. The van der Waals surface area contributed by atoms with Crippen LogP contribution < -0.4 is 10.3 Å². The zero-order valence-corrected chi connectivity index (χ0v) is 20.2. The molecule has 182 valence electrons. The van der Waals surface area contributed by atoms with Gasteiger partial charge in [0.15, 0.2) is 4.77 Å². The lowest BCUT2D eigenvalue weighted by atomic mass is 10.2. The number of methoxy groups -OCH3 is 1. The Morgan fingerprint density at radius 3 is 2.50 bits per heavy atom. The van der Waals surface area contributed by atoms with Gasteiger partial charge in [0.25, 0.3) is 5.56 Å². The van der Waals surface area contributed by atoms with E-state index >= 15 is 0 Å². The van der Waals surface area contributed by atoms with E-state index in [0.29, 0.717) is 80.1 Å². The molecule has 3 aromatic rings. The highest BCUT2D eigenvalue weighted by molar-refractivity contribution is 7.71. The average molecular weight is 488 g/mol. The molecule has 0 spiro atoms. The van der Waals surface area contributed by atoms with Crippen molar-refractivity contribution < 1.29 is 19.1 Å². The van der Waals surface area contributed by atoms with Crippen LogP contribution in [-0.4, -0.2) is 76.2 Å². The minimum absolute atomic E-state index is 0.0565. The van der Waals surface area contributed by atoms with Gasteiger partial charge in [-0.2, -0.15) is 0 Å². The van der Waals surface area contributed by atoms with E-state index in [9.17, 15) is 14.4 Å². The Bertz CT molecular complexity index is 1320. The van der Waals surface area contributed by atoms with Crippen molar-refractivity contribution in [2.45, 2.75) is 32.7 Å². The summed E-state index contributed by atoms with van der Waals surface area (Å²) in [4.78, 5) is 47.2. The third kappa shape index (κ3) is 4.79. The lowest BCUT2D eigenvalue weighted by Gasteiger charge is -2.34. The van der Waals surface area contributed by atoms with Crippen molar-refractivity contribution in [2.75, 3.05) is 39.9 Å². The fourth-order valence-corrected chi connectivity index (χ4v) is 4.53. The number of hydrogen-bond donors (Lipinski definition) is 2. The summed E-state index contributed by atoms with van der Waals surface area (Å²) in [6.45, 7) is 4.50. The van der Waals surface area contributed by atoms with Gasteiger partial charge in [-0.05, 0) is 50.2 Å². The first-order valence-electron chi connectivity index (χ1n) is 11.4. The molecule has 0 aliphatic carbocycles. The molecule has 4 rings (SSSR count). The maximum Gasteiger partial charge on any atom is 0.409 e. The minimum Gasteiger partial charge on any atom is -0.497 e. The van der Waals surface area contributed by atoms with Crippen LogP contribution in [0.2, 0.25) is 0 Å². The van der Waals surface area contributed by atoms with Crippen LogP contribution in [0.1, 0.15) is 26.2 Å². The number of carbonyl (C=O) groups is 2. The van der Waals surface area contributed by atoms with Crippen LogP contribution in [0.15, 0.2) is 23.0 Å². The van der Waals surface area contributed by atoms with E-state index in [-0.39, 0.29) is 17.6 Å². The smallest absolute Gasteiger partial charge is 0.409 e. The molecule has 11 heteroatoms. The zero-order valence-electron chi connectivity index (χ0n) is 19.4. The molecule has 34 heavy (non-hydrogen) atoms. The Balaban J connectivity index is 1.35. The quantitative estimate of drug-likeness (QED) is 0.391. The van der Waals surface area contributed by atoms with Crippen molar-refractivity contribution in [3.05, 3.63) is 33.3 Å². The van der Waals surface area contributed by atoms with E-state index in [4.69, 9.17) is 21.7 Å². The molecule has 0 saturated carbocycles. The molecule has 1 aliphatic rings. The second-order valence-corrected chi connectivity index (χ2v) is 8.58. The molecular weight excluding hydrogens is 458 g/mol. The molecule has 2 aromatic heterocycles. The number of nitrogens with zero attached hydrogens (tertiary/aromatic N) is 3. The maximum absolute atomic E-state index is 13.1. The van der Waals surface area contributed by atoms with Gasteiger partial charge in [-0.1, -0.05) is 0 Å². The Morgan fingerprint density at radius 2 is 1.79 bits per heavy atom. The fourth-order valence-electron chi connectivity index (χ4n) is 4.25. The van der Waals surface area contributed by atoms with E-state index in [0.717, 1.165) is 10.9 Å². The standard InChI is InChI=1S/C23H29N5O5S/c1-3-33-23(31)27-12-10-26(11-13-27)18(29)6-4-5-9-28-21(30)20-19(25-22(28)34)16-14-15(32-2)7-8-17(16)24-20/h7-8,14,24H,3-6,9-13H2,1-2H3,(H,25,34). The Hall–Kier alpha value is -3.34. The maximum atomic E-state index is 13.1. The number of H-pyrrole nitrogens is 2. The number of nitrogens with one attached hydrogen (secondary N) is 2. The van der Waals surface area contributed by atoms with Gasteiger partial charge in [0.2, 0.25) is 5.91 Å². The number of piperazine rings is 1. The van der Waals surface area contributed by atoms with Crippen molar-refractivity contribution >= 4 is 46.2 Å². The molecule has 1 fully saturated rings. The van der Waals surface area contributed by atoms with Gasteiger partial charge >= 0.3 is 6.09 Å². The van der Waals surface area contributed by atoms with Crippen molar-refractivity contribution in [3.8, 4) is 5.75 Å². The summed E-state index contributed by atoms with van der Waals surface area (Å²) in [7, 11) is 1.60. The first-order valence-corrected chi connectivity index (χ1v) is 11.9.